The van der Waals surface area contributed by atoms with Gasteiger partial charge in [0.25, 0.3) is 0 Å². The second-order valence-corrected chi connectivity index (χ2v) is 6.79. The SMILES string of the molecule is CN(Cc1nccn1C)S(=O)(=O)Cc1cccc(N)c1. The highest BCUT2D eigenvalue weighted by molar-refractivity contribution is 7.88. The normalized spacial score (nSPS) is 11.9. The second-order valence-electron chi connectivity index (χ2n) is 4.71. The number of nitrogen functional groups attached to an aromatic ring is 1. The van der Waals surface area contributed by atoms with E-state index in [0.717, 1.165) is 0 Å². The van der Waals surface area contributed by atoms with Gasteiger partial charge in [-0.05, 0) is 17.7 Å². The van der Waals surface area contributed by atoms with Gasteiger partial charge in [-0.25, -0.2) is 13.4 Å². The van der Waals surface area contributed by atoms with E-state index in [1.807, 2.05) is 7.05 Å². The number of aryl methyl sites for hydroxylation is 1. The van der Waals surface area contributed by atoms with Gasteiger partial charge in [0.15, 0.2) is 0 Å². The van der Waals surface area contributed by atoms with Crippen LogP contribution in [-0.2, 0) is 29.4 Å². The molecule has 0 bridgehead atoms. The Morgan fingerprint density at radius 2 is 2.15 bits per heavy atom. The van der Waals surface area contributed by atoms with Gasteiger partial charge in [-0.15, -0.1) is 0 Å². The first kappa shape index (κ1) is 14.5. The highest BCUT2D eigenvalue weighted by Gasteiger charge is 2.20. The Labute approximate surface area is 118 Å². The van der Waals surface area contributed by atoms with E-state index < -0.39 is 10.0 Å². The smallest absolute Gasteiger partial charge is 0.218 e. The Morgan fingerprint density at radius 1 is 1.40 bits per heavy atom. The van der Waals surface area contributed by atoms with Crippen molar-refractivity contribution in [2.45, 2.75) is 12.3 Å². The molecule has 0 aliphatic rings. The van der Waals surface area contributed by atoms with Crippen LogP contribution in [0.2, 0.25) is 0 Å². The third kappa shape index (κ3) is 3.37. The average Bonchev–Trinajstić information content (AvgIpc) is 2.74. The predicted octanol–water partition coefficient (Wildman–Crippen LogP) is 0.964. The van der Waals surface area contributed by atoms with Gasteiger partial charge < -0.3 is 10.3 Å². The molecule has 1 heterocycles. The van der Waals surface area contributed by atoms with Crippen LogP contribution in [0.25, 0.3) is 0 Å². The lowest BCUT2D eigenvalue weighted by molar-refractivity contribution is 0.450. The molecule has 20 heavy (non-hydrogen) atoms. The summed E-state index contributed by atoms with van der Waals surface area (Å²) < 4.78 is 27.7. The van der Waals surface area contributed by atoms with Gasteiger partial charge in [-0.3, -0.25) is 0 Å². The van der Waals surface area contributed by atoms with Gasteiger partial charge >= 0.3 is 0 Å². The van der Waals surface area contributed by atoms with Crippen molar-refractivity contribution in [3.63, 3.8) is 0 Å². The third-order valence-corrected chi connectivity index (χ3v) is 4.84. The number of nitrogens with two attached hydrogens (primary N) is 1. The molecule has 0 fully saturated rings. The lowest BCUT2D eigenvalue weighted by atomic mass is 10.2. The van der Waals surface area contributed by atoms with Crippen LogP contribution < -0.4 is 5.73 Å². The zero-order valence-corrected chi connectivity index (χ0v) is 12.3. The molecular weight excluding hydrogens is 276 g/mol. The van der Waals surface area contributed by atoms with Crippen molar-refractivity contribution in [2.24, 2.45) is 7.05 Å². The molecule has 6 nitrogen and oxygen atoms in total. The van der Waals surface area contributed by atoms with E-state index in [1.165, 1.54) is 4.31 Å². The lowest BCUT2D eigenvalue weighted by Gasteiger charge is -2.17. The summed E-state index contributed by atoms with van der Waals surface area (Å²) in [6, 6.07) is 6.90. The molecular formula is C13H18N4O2S. The highest BCUT2D eigenvalue weighted by atomic mass is 32.2. The maximum atomic E-state index is 12.3. The molecule has 1 aromatic carbocycles. The van der Waals surface area contributed by atoms with Crippen LogP contribution in [0.4, 0.5) is 5.69 Å². The summed E-state index contributed by atoms with van der Waals surface area (Å²) >= 11 is 0. The number of nitrogens with zero attached hydrogens (tertiary/aromatic N) is 3. The van der Waals surface area contributed by atoms with Crippen molar-refractivity contribution in [3.05, 3.63) is 48.0 Å². The van der Waals surface area contributed by atoms with Crippen LogP contribution >= 0.6 is 0 Å². The molecule has 0 saturated heterocycles. The standard InChI is InChI=1S/C13H18N4O2S/c1-16-7-6-15-13(16)9-17(2)20(18,19)10-11-4-3-5-12(14)8-11/h3-8H,9-10,14H2,1-2H3. The molecule has 7 heteroatoms. The van der Waals surface area contributed by atoms with Gasteiger partial charge in [0, 0.05) is 32.2 Å². The van der Waals surface area contributed by atoms with Crippen LogP contribution in [0.1, 0.15) is 11.4 Å². The maximum absolute atomic E-state index is 12.3. The number of anilines is 1. The molecule has 0 spiro atoms. The van der Waals surface area contributed by atoms with Crippen molar-refractivity contribution >= 4 is 15.7 Å². The molecule has 0 saturated carbocycles. The number of imidazole rings is 1. The molecule has 0 aliphatic carbocycles. The Balaban J connectivity index is 2.12. The van der Waals surface area contributed by atoms with Crippen LogP contribution in [0.3, 0.4) is 0 Å². The Kier molecular flexibility index (Phi) is 4.10. The first-order valence-corrected chi connectivity index (χ1v) is 7.74. The molecule has 0 atom stereocenters. The molecule has 1 aromatic heterocycles. The summed E-state index contributed by atoms with van der Waals surface area (Å²) in [4.78, 5) is 4.13. The van der Waals surface area contributed by atoms with Gasteiger partial charge in [-0.2, -0.15) is 4.31 Å². The summed E-state index contributed by atoms with van der Waals surface area (Å²) in [5.41, 5.74) is 6.90. The van der Waals surface area contributed by atoms with Crippen molar-refractivity contribution in [1.82, 2.24) is 13.9 Å². The van der Waals surface area contributed by atoms with Gasteiger partial charge in [0.1, 0.15) is 5.82 Å². The zero-order valence-electron chi connectivity index (χ0n) is 11.5. The molecule has 0 radical (unpaired) electrons. The fourth-order valence-electron chi connectivity index (χ4n) is 1.85. The predicted molar refractivity (Wildman–Crippen MR) is 78.2 cm³/mol. The molecule has 0 amide bonds. The van der Waals surface area contributed by atoms with Crippen LogP contribution in [0.5, 0.6) is 0 Å². The van der Waals surface area contributed by atoms with Crippen molar-refractivity contribution < 1.29 is 8.42 Å². The van der Waals surface area contributed by atoms with Crippen LogP contribution in [0.15, 0.2) is 36.7 Å². The number of hydrogen-bond acceptors (Lipinski definition) is 4. The number of hydrogen-bond donors (Lipinski definition) is 1. The van der Waals surface area contributed by atoms with Crippen molar-refractivity contribution in [2.75, 3.05) is 12.8 Å². The van der Waals surface area contributed by atoms with E-state index in [-0.39, 0.29) is 12.3 Å². The van der Waals surface area contributed by atoms with Crippen LogP contribution in [-0.4, -0.2) is 29.3 Å². The van der Waals surface area contributed by atoms with Gasteiger partial charge in [0.05, 0.1) is 12.3 Å². The Hall–Kier alpha value is -1.86. The number of sulfonamides is 1. The molecule has 0 unspecified atom stereocenters. The van der Waals surface area contributed by atoms with Crippen LogP contribution in [0, 0.1) is 0 Å². The minimum atomic E-state index is -3.40. The summed E-state index contributed by atoms with van der Waals surface area (Å²) in [6.07, 6.45) is 3.43. The van der Waals surface area contributed by atoms with E-state index in [4.69, 9.17) is 5.73 Å². The summed E-state index contributed by atoms with van der Waals surface area (Å²) in [5.74, 6) is 0.627. The molecule has 2 rings (SSSR count). The molecule has 108 valence electrons. The Morgan fingerprint density at radius 3 is 2.75 bits per heavy atom. The molecule has 2 aromatic rings. The number of rotatable bonds is 5. The van der Waals surface area contributed by atoms with E-state index >= 15 is 0 Å². The first-order valence-electron chi connectivity index (χ1n) is 6.13. The van der Waals surface area contributed by atoms with E-state index in [1.54, 1.807) is 48.3 Å². The monoisotopic (exact) mass is 294 g/mol. The van der Waals surface area contributed by atoms with E-state index in [0.29, 0.717) is 17.1 Å². The van der Waals surface area contributed by atoms with Gasteiger partial charge in [0.2, 0.25) is 10.0 Å². The summed E-state index contributed by atoms with van der Waals surface area (Å²) in [6.45, 7) is 0.244. The minimum absolute atomic E-state index is 0.0705. The quantitative estimate of drug-likeness (QED) is 0.833. The van der Waals surface area contributed by atoms with E-state index in [2.05, 4.69) is 4.98 Å². The van der Waals surface area contributed by atoms with Crippen molar-refractivity contribution in [1.29, 1.82) is 0 Å². The van der Waals surface area contributed by atoms with Gasteiger partial charge in [-0.1, -0.05) is 12.1 Å². The lowest BCUT2D eigenvalue weighted by Crippen LogP contribution is -2.28. The molecule has 2 N–H and O–H groups in total. The summed E-state index contributed by atoms with van der Waals surface area (Å²) in [5, 5.41) is 0. The number of benzene rings is 1. The zero-order chi connectivity index (χ0) is 14.8. The maximum Gasteiger partial charge on any atom is 0.218 e. The number of aromatic nitrogens is 2. The highest BCUT2D eigenvalue weighted by Crippen LogP contribution is 2.14. The minimum Gasteiger partial charge on any atom is -0.399 e. The first-order chi connectivity index (χ1) is 9.38. The fraction of sp³-hybridized carbons (Fsp3) is 0.308. The third-order valence-electron chi connectivity index (χ3n) is 3.06. The largest absolute Gasteiger partial charge is 0.399 e. The fourth-order valence-corrected chi connectivity index (χ4v) is 2.98. The topological polar surface area (TPSA) is 81.2 Å². The average molecular weight is 294 g/mol. The van der Waals surface area contributed by atoms with E-state index in [9.17, 15) is 8.42 Å². The van der Waals surface area contributed by atoms with Crippen molar-refractivity contribution in [3.8, 4) is 0 Å². The molecule has 0 aliphatic heterocycles. The summed E-state index contributed by atoms with van der Waals surface area (Å²) in [7, 11) is -0.0126. The second kappa shape index (κ2) is 5.64. The Bertz CT molecular complexity index is 694.